The van der Waals surface area contributed by atoms with Gasteiger partial charge in [0.15, 0.2) is 0 Å². The topological polar surface area (TPSA) is 103 Å². The molecule has 1 fully saturated rings. The van der Waals surface area contributed by atoms with Crippen LogP contribution in [0.4, 0.5) is 0 Å². The molecule has 128 valence electrons. The lowest BCUT2D eigenvalue weighted by Crippen LogP contribution is -2.52. The summed E-state index contributed by atoms with van der Waals surface area (Å²) in [4.78, 5) is 41.8. The summed E-state index contributed by atoms with van der Waals surface area (Å²) in [5.74, 6) is -0.921. The Labute approximate surface area is 149 Å². The minimum absolute atomic E-state index is 0.200. The Balaban J connectivity index is 1.61. The van der Waals surface area contributed by atoms with Crippen molar-refractivity contribution in [2.75, 3.05) is 0 Å². The van der Waals surface area contributed by atoms with E-state index in [9.17, 15) is 14.4 Å². The highest BCUT2D eigenvalue weighted by molar-refractivity contribution is 6.05. The predicted octanol–water partition coefficient (Wildman–Crippen LogP) is 1.38. The molecular formula is C19H14N4O3. The average Bonchev–Trinajstić information content (AvgIpc) is 2.98. The summed E-state index contributed by atoms with van der Waals surface area (Å²) in [5, 5.41) is 11.2. The second-order valence-electron chi connectivity index (χ2n) is 6.32. The first-order valence-corrected chi connectivity index (χ1v) is 8.21. The minimum Gasteiger partial charge on any atom is -0.322 e. The van der Waals surface area contributed by atoms with Crippen LogP contribution in [0.25, 0.3) is 11.3 Å². The number of carbonyl (C=O) groups is 3. The van der Waals surface area contributed by atoms with Crippen LogP contribution in [0.2, 0.25) is 0 Å². The highest BCUT2D eigenvalue weighted by atomic mass is 16.2. The van der Waals surface area contributed by atoms with Gasteiger partial charge in [0, 0.05) is 30.3 Å². The van der Waals surface area contributed by atoms with E-state index >= 15 is 0 Å². The van der Waals surface area contributed by atoms with Crippen molar-refractivity contribution in [3.05, 3.63) is 53.2 Å². The number of imide groups is 1. The number of amides is 3. The molecule has 0 spiro atoms. The van der Waals surface area contributed by atoms with Gasteiger partial charge in [-0.05, 0) is 36.2 Å². The van der Waals surface area contributed by atoms with Crippen LogP contribution in [0.3, 0.4) is 0 Å². The summed E-state index contributed by atoms with van der Waals surface area (Å²) in [7, 11) is 0. The Bertz CT molecular complexity index is 975. The normalized spacial score (nSPS) is 19.1. The molecule has 1 atom stereocenters. The van der Waals surface area contributed by atoms with E-state index in [1.165, 1.54) is 11.1 Å². The zero-order valence-corrected chi connectivity index (χ0v) is 13.7. The predicted molar refractivity (Wildman–Crippen MR) is 90.4 cm³/mol. The summed E-state index contributed by atoms with van der Waals surface area (Å²) >= 11 is 0. The van der Waals surface area contributed by atoms with Crippen LogP contribution < -0.4 is 5.32 Å². The molecular weight excluding hydrogens is 332 g/mol. The van der Waals surface area contributed by atoms with Gasteiger partial charge < -0.3 is 4.90 Å². The monoisotopic (exact) mass is 346 g/mol. The number of pyridine rings is 1. The molecule has 4 rings (SSSR count). The molecule has 0 bridgehead atoms. The van der Waals surface area contributed by atoms with Crippen molar-refractivity contribution in [3.63, 3.8) is 0 Å². The van der Waals surface area contributed by atoms with Gasteiger partial charge in [0.25, 0.3) is 5.91 Å². The standard InChI is InChI=1S/C19H14N4O3/c20-8-11-1-4-15(21-9-11)12-2-3-14-13(7-12)10-23(19(14)26)16-5-6-17(24)22-18(16)25/h1-4,7,9,16H,5-6,10H2,(H,22,24,25). The molecule has 1 N–H and O–H groups in total. The summed E-state index contributed by atoms with van der Waals surface area (Å²) in [6.45, 7) is 0.324. The van der Waals surface area contributed by atoms with Gasteiger partial charge in [0.1, 0.15) is 12.1 Å². The van der Waals surface area contributed by atoms with Gasteiger partial charge >= 0.3 is 0 Å². The van der Waals surface area contributed by atoms with Crippen molar-refractivity contribution in [2.24, 2.45) is 0 Å². The van der Waals surface area contributed by atoms with E-state index in [4.69, 9.17) is 5.26 Å². The molecule has 1 aromatic heterocycles. The van der Waals surface area contributed by atoms with Gasteiger partial charge in [0.2, 0.25) is 11.8 Å². The van der Waals surface area contributed by atoms with Crippen LogP contribution >= 0.6 is 0 Å². The van der Waals surface area contributed by atoms with Gasteiger partial charge in [-0.15, -0.1) is 0 Å². The summed E-state index contributed by atoms with van der Waals surface area (Å²) in [5.41, 5.74) is 3.41. The Morgan fingerprint density at radius 1 is 1.19 bits per heavy atom. The number of piperidine rings is 1. The first kappa shape index (κ1) is 16.0. The SMILES string of the molecule is N#Cc1ccc(-c2ccc3c(c2)CN(C2CCC(=O)NC2=O)C3=O)nc1. The van der Waals surface area contributed by atoms with E-state index in [1.54, 1.807) is 24.3 Å². The van der Waals surface area contributed by atoms with Crippen LogP contribution in [0.5, 0.6) is 0 Å². The lowest BCUT2D eigenvalue weighted by molar-refractivity contribution is -0.136. The summed E-state index contributed by atoms with van der Waals surface area (Å²) in [6.07, 6.45) is 2.08. The van der Waals surface area contributed by atoms with E-state index in [2.05, 4.69) is 10.3 Å². The molecule has 1 aromatic carbocycles. The zero-order valence-electron chi connectivity index (χ0n) is 13.7. The van der Waals surface area contributed by atoms with Crippen molar-refractivity contribution in [1.82, 2.24) is 15.2 Å². The number of fused-ring (bicyclic) bond motifs is 1. The first-order valence-electron chi connectivity index (χ1n) is 8.21. The molecule has 2 aliphatic rings. The molecule has 0 aliphatic carbocycles. The quantitative estimate of drug-likeness (QED) is 0.828. The van der Waals surface area contributed by atoms with Gasteiger partial charge in [-0.25, -0.2) is 0 Å². The molecule has 3 heterocycles. The van der Waals surface area contributed by atoms with Crippen molar-refractivity contribution in [2.45, 2.75) is 25.4 Å². The van der Waals surface area contributed by atoms with E-state index in [1.807, 2.05) is 12.1 Å². The molecule has 7 nitrogen and oxygen atoms in total. The van der Waals surface area contributed by atoms with Crippen LogP contribution in [0.1, 0.15) is 34.3 Å². The number of hydrogen-bond acceptors (Lipinski definition) is 5. The summed E-state index contributed by atoms with van der Waals surface area (Å²) in [6, 6.07) is 10.3. The fraction of sp³-hybridized carbons (Fsp3) is 0.211. The molecule has 3 amide bonds. The van der Waals surface area contributed by atoms with Crippen molar-refractivity contribution in [1.29, 1.82) is 5.26 Å². The molecule has 1 saturated heterocycles. The van der Waals surface area contributed by atoms with Gasteiger partial charge in [-0.3, -0.25) is 24.7 Å². The third-order valence-corrected chi connectivity index (χ3v) is 4.71. The van der Waals surface area contributed by atoms with Crippen molar-refractivity contribution in [3.8, 4) is 17.3 Å². The Morgan fingerprint density at radius 2 is 2.04 bits per heavy atom. The number of rotatable bonds is 2. The zero-order chi connectivity index (χ0) is 18.3. The van der Waals surface area contributed by atoms with Crippen LogP contribution in [-0.2, 0) is 16.1 Å². The van der Waals surface area contributed by atoms with E-state index in [-0.39, 0.29) is 18.2 Å². The number of hydrogen-bond donors (Lipinski definition) is 1. The van der Waals surface area contributed by atoms with Crippen LogP contribution in [0.15, 0.2) is 36.5 Å². The van der Waals surface area contributed by atoms with Gasteiger partial charge in [0.05, 0.1) is 11.3 Å². The minimum atomic E-state index is -0.621. The maximum atomic E-state index is 12.7. The van der Waals surface area contributed by atoms with Crippen molar-refractivity contribution < 1.29 is 14.4 Å². The number of benzene rings is 1. The Kier molecular flexibility index (Phi) is 3.73. The molecule has 1 unspecified atom stereocenters. The third-order valence-electron chi connectivity index (χ3n) is 4.71. The highest BCUT2D eigenvalue weighted by Crippen LogP contribution is 2.30. The molecule has 0 radical (unpaired) electrons. The van der Waals surface area contributed by atoms with E-state index in [0.717, 1.165) is 11.1 Å². The fourth-order valence-corrected chi connectivity index (χ4v) is 3.36. The fourth-order valence-electron chi connectivity index (χ4n) is 3.36. The summed E-state index contributed by atoms with van der Waals surface area (Å²) < 4.78 is 0. The number of nitrogens with zero attached hydrogens (tertiary/aromatic N) is 3. The Morgan fingerprint density at radius 3 is 2.73 bits per heavy atom. The smallest absolute Gasteiger partial charge is 0.255 e. The van der Waals surface area contributed by atoms with Crippen molar-refractivity contribution >= 4 is 17.7 Å². The van der Waals surface area contributed by atoms with Gasteiger partial charge in [-0.1, -0.05) is 6.07 Å². The average molecular weight is 346 g/mol. The molecule has 2 aliphatic heterocycles. The second kappa shape index (κ2) is 6.08. The number of carbonyl (C=O) groups excluding carboxylic acids is 3. The van der Waals surface area contributed by atoms with Gasteiger partial charge in [-0.2, -0.15) is 5.26 Å². The van der Waals surface area contributed by atoms with E-state index < -0.39 is 11.9 Å². The second-order valence-corrected chi connectivity index (χ2v) is 6.32. The molecule has 2 aromatic rings. The third kappa shape index (κ3) is 2.62. The lowest BCUT2D eigenvalue weighted by Gasteiger charge is -2.29. The van der Waals surface area contributed by atoms with Crippen LogP contribution in [-0.4, -0.2) is 33.6 Å². The number of aromatic nitrogens is 1. The Hall–Kier alpha value is -3.53. The molecule has 26 heavy (non-hydrogen) atoms. The first-order chi connectivity index (χ1) is 12.6. The maximum Gasteiger partial charge on any atom is 0.255 e. The van der Waals surface area contributed by atoms with E-state index in [0.29, 0.717) is 29.8 Å². The molecule has 7 heteroatoms. The highest BCUT2D eigenvalue weighted by Gasteiger charge is 2.39. The lowest BCUT2D eigenvalue weighted by atomic mass is 10.0. The molecule has 0 saturated carbocycles. The number of nitriles is 1. The maximum absolute atomic E-state index is 12.7. The number of nitrogens with one attached hydrogen (secondary N) is 1. The van der Waals surface area contributed by atoms with Crippen LogP contribution in [0, 0.1) is 11.3 Å². The largest absolute Gasteiger partial charge is 0.322 e.